The molecule has 0 aliphatic rings. The first-order valence-corrected chi connectivity index (χ1v) is 9.13. The molecule has 0 aromatic heterocycles. The van der Waals surface area contributed by atoms with Crippen molar-refractivity contribution in [2.24, 2.45) is 0 Å². The van der Waals surface area contributed by atoms with E-state index in [0.717, 1.165) is 5.56 Å². The van der Waals surface area contributed by atoms with Gasteiger partial charge in [0.15, 0.2) is 14.6 Å². The van der Waals surface area contributed by atoms with Gasteiger partial charge in [-0.05, 0) is 43.2 Å². The highest BCUT2D eigenvalue weighted by Gasteiger charge is 2.46. The van der Waals surface area contributed by atoms with Gasteiger partial charge in [0.05, 0.1) is 12.0 Å². The number of hydrogen-bond acceptors (Lipinski definition) is 4. The predicted octanol–water partition coefficient (Wildman–Crippen LogP) is 3.42. The smallest absolute Gasteiger partial charge is 0.325 e. The first-order valence-electron chi connectivity index (χ1n) is 7.65. The van der Waals surface area contributed by atoms with Gasteiger partial charge in [0, 0.05) is 0 Å². The third kappa shape index (κ3) is 3.91. The zero-order valence-corrected chi connectivity index (χ0v) is 14.9. The molecule has 2 rings (SSSR count). The molecule has 0 saturated carbocycles. The van der Waals surface area contributed by atoms with Crippen LogP contribution >= 0.6 is 0 Å². The molecule has 0 fully saturated rings. The summed E-state index contributed by atoms with van der Waals surface area (Å²) < 4.78 is 28.8. The minimum absolute atomic E-state index is 0.0497. The van der Waals surface area contributed by atoms with Gasteiger partial charge in [0.2, 0.25) is 0 Å². The van der Waals surface area contributed by atoms with E-state index >= 15 is 0 Å². The number of carbonyl (C=O) groups is 1. The van der Waals surface area contributed by atoms with E-state index in [1.807, 2.05) is 30.3 Å². The molecule has 1 unspecified atom stereocenters. The zero-order valence-electron chi connectivity index (χ0n) is 14.0. The van der Waals surface area contributed by atoms with Crippen LogP contribution in [0.15, 0.2) is 65.6 Å². The van der Waals surface area contributed by atoms with Crippen molar-refractivity contribution >= 4 is 21.9 Å². The van der Waals surface area contributed by atoms with Crippen LogP contribution in [0.5, 0.6) is 5.75 Å². The first-order chi connectivity index (χ1) is 11.8. The molecule has 6 heteroatoms. The summed E-state index contributed by atoms with van der Waals surface area (Å²) in [6, 6.07) is 15.0. The second-order valence-corrected chi connectivity index (χ2v) is 8.11. The van der Waals surface area contributed by atoms with E-state index in [0.29, 0.717) is 5.75 Å². The Morgan fingerprint density at radius 3 is 2.24 bits per heavy atom. The predicted molar refractivity (Wildman–Crippen MR) is 96.3 cm³/mol. The average Bonchev–Trinajstić information content (AvgIpc) is 2.62. The van der Waals surface area contributed by atoms with Crippen molar-refractivity contribution in [1.29, 1.82) is 0 Å². The maximum atomic E-state index is 12.9. The van der Waals surface area contributed by atoms with E-state index in [1.54, 1.807) is 12.2 Å². The number of sulfone groups is 1. The third-order valence-corrected chi connectivity index (χ3v) is 6.45. The van der Waals surface area contributed by atoms with Gasteiger partial charge in [-0.2, -0.15) is 0 Å². The summed E-state index contributed by atoms with van der Waals surface area (Å²) in [6.45, 7) is 1.23. The van der Waals surface area contributed by atoms with Gasteiger partial charge in [-0.1, -0.05) is 42.5 Å². The molecule has 1 N–H and O–H groups in total. The van der Waals surface area contributed by atoms with E-state index < -0.39 is 20.6 Å². The maximum Gasteiger partial charge on any atom is 0.325 e. The molecule has 132 valence electrons. The number of hydrogen-bond donors (Lipinski definition) is 1. The Balaban J connectivity index is 2.33. The Labute approximate surface area is 147 Å². The molecule has 5 nitrogen and oxygen atoms in total. The highest BCUT2D eigenvalue weighted by Crippen LogP contribution is 2.31. The van der Waals surface area contributed by atoms with E-state index in [9.17, 15) is 18.3 Å². The zero-order chi connectivity index (χ0) is 18.5. The highest BCUT2D eigenvalue weighted by atomic mass is 32.2. The van der Waals surface area contributed by atoms with E-state index in [-0.39, 0.29) is 11.3 Å². The summed E-state index contributed by atoms with van der Waals surface area (Å²) in [5, 5.41) is 9.59. The lowest BCUT2D eigenvalue weighted by molar-refractivity contribution is -0.139. The van der Waals surface area contributed by atoms with Crippen molar-refractivity contribution in [3.8, 4) is 5.75 Å². The van der Waals surface area contributed by atoms with Gasteiger partial charge in [-0.15, -0.1) is 0 Å². The number of ether oxygens (including phenoxy) is 1. The number of allylic oxidation sites excluding steroid dienone is 1. The number of benzene rings is 2. The van der Waals surface area contributed by atoms with Crippen LogP contribution in [0.25, 0.3) is 6.08 Å². The van der Waals surface area contributed by atoms with Gasteiger partial charge in [0.1, 0.15) is 5.75 Å². The molecule has 2 aromatic carbocycles. The molecular formula is C19H20O5S. The number of carboxylic acid groups (broad SMARTS) is 1. The van der Waals surface area contributed by atoms with E-state index in [2.05, 4.69) is 0 Å². The van der Waals surface area contributed by atoms with E-state index in [4.69, 9.17) is 4.74 Å². The highest BCUT2D eigenvalue weighted by molar-refractivity contribution is 7.93. The summed E-state index contributed by atoms with van der Waals surface area (Å²) >= 11 is 0. The lowest BCUT2D eigenvalue weighted by Crippen LogP contribution is -2.43. The van der Waals surface area contributed by atoms with Crippen LogP contribution in [0.1, 0.15) is 18.9 Å². The SMILES string of the molecule is COc1ccc(S(=O)(=O)C(C)(CC=Cc2ccccc2)C(=O)O)cc1. The third-order valence-electron chi connectivity index (χ3n) is 4.03. The summed E-state index contributed by atoms with van der Waals surface area (Å²) in [5.41, 5.74) is 0.872. The van der Waals surface area contributed by atoms with Crippen molar-refractivity contribution < 1.29 is 23.1 Å². The van der Waals surface area contributed by atoms with Gasteiger partial charge in [-0.3, -0.25) is 4.79 Å². The van der Waals surface area contributed by atoms with Crippen molar-refractivity contribution in [3.63, 3.8) is 0 Å². The number of aliphatic carboxylic acids is 1. The second-order valence-electron chi connectivity index (χ2n) is 5.73. The monoisotopic (exact) mass is 360 g/mol. The molecule has 0 saturated heterocycles. The Kier molecular flexibility index (Phi) is 5.64. The summed E-state index contributed by atoms with van der Waals surface area (Å²) in [6.07, 6.45) is 3.14. The lowest BCUT2D eigenvalue weighted by atomic mass is 10.1. The molecule has 0 aliphatic carbocycles. The fourth-order valence-electron chi connectivity index (χ4n) is 2.31. The fourth-order valence-corrected chi connectivity index (χ4v) is 3.87. The topological polar surface area (TPSA) is 80.7 Å². The second kappa shape index (κ2) is 7.53. The maximum absolute atomic E-state index is 12.9. The summed E-state index contributed by atoms with van der Waals surface area (Å²) in [7, 11) is -2.61. The molecule has 0 radical (unpaired) electrons. The molecule has 0 aliphatic heterocycles. The van der Waals surface area contributed by atoms with Crippen LogP contribution in [0, 0.1) is 0 Å². The van der Waals surface area contributed by atoms with Gasteiger partial charge in [-0.25, -0.2) is 8.42 Å². The standard InChI is InChI=1S/C19H20O5S/c1-19(18(20)21,14-6-9-15-7-4-3-5-8-15)25(22,23)17-12-10-16(24-2)11-13-17/h3-13H,14H2,1-2H3,(H,20,21). The van der Waals surface area contributed by atoms with Crippen LogP contribution in [0.3, 0.4) is 0 Å². The Morgan fingerprint density at radius 1 is 1.12 bits per heavy atom. The van der Waals surface area contributed by atoms with Crippen molar-refractivity contribution in [1.82, 2.24) is 0 Å². The number of methoxy groups -OCH3 is 1. The molecule has 25 heavy (non-hydrogen) atoms. The van der Waals surface area contributed by atoms with Crippen LogP contribution in [-0.4, -0.2) is 31.4 Å². The van der Waals surface area contributed by atoms with Crippen LogP contribution in [0.4, 0.5) is 0 Å². The van der Waals surface area contributed by atoms with Crippen molar-refractivity contribution in [2.45, 2.75) is 23.0 Å². The van der Waals surface area contributed by atoms with E-state index in [1.165, 1.54) is 38.3 Å². The lowest BCUT2D eigenvalue weighted by Gasteiger charge is -2.23. The summed E-state index contributed by atoms with van der Waals surface area (Å²) in [5.74, 6) is -0.888. The van der Waals surface area contributed by atoms with Crippen molar-refractivity contribution in [2.75, 3.05) is 7.11 Å². The van der Waals surface area contributed by atoms with Crippen LogP contribution < -0.4 is 4.74 Å². The summed E-state index contributed by atoms with van der Waals surface area (Å²) in [4.78, 5) is 11.7. The van der Waals surface area contributed by atoms with Gasteiger partial charge in [0.25, 0.3) is 0 Å². The molecule has 0 heterocycles. The molecule has 0 spiro atoms. The Morgan fingerprint density at radius 2 is 1.72 bits per heavy atom. The number of carboxylic acids is 1. The molecular weight excluding hydrogens is 340 g/mol. The fraction of sp³-hybridized carbons (Fsp3) is 0.211. The number of rotatable bonds is 7. The molecule has 1 atom stereocenters. The molecule has 2 aromatic rings. The first kappa shape index (κ1) is 18.7. The average molecular weight is 360 g/mol. The van der Waals surface area contributed by atoms with Crippen molar-refractivity contribution in [3.05, 3.63) is 66.2 Å². The van der Waals surface area contributed by atoms with Gasteiger partial charge >= 0.3 is 5.97 Å². The quantitative estimate of drug-likeness (QED) is 0.818. The Bertz CT molecular complexity index is 854. The normalized spacial score (nSPS) is 14.2. The Hall–Kier alpha value is -2.60. The minimum Gasteiger partial charge on any atom is -0.497 e. The van der Waals surface area contributed by atoms with Crippen LogP contribution in [-0.2, 0) is 14.6 Å². The minimum atomic E-state index is -4.09. The molecule has 0 bridgehead atoms. The largest absolute Gasteiger partial charge is 0.497 e. The molecule has 0 amide bonds. The van der Waals surface area contributed by atoms with Crippen LogP contribution in [0.2, 0.25) is 0 Å². The van der Waals surface area contributed by atoms with Gasteiger partial charge < -0.3 is 9.84 Å².